The van der Waals surface area contributed by atoms with Crippen molar-refractivity contribution in [1.29, 1.82) is 0 Å². The first kappa shape index (κ1) is 9.69. The summed E-state index contributed by atoms with van der Waals surface area (Å²) in [6.45, 7) is 0. The van der Waals surface area contributed by atoms with E-state index in [-0.39, 0.29) is 0 Å². The fourth-order valence-corrected chi connectivity index (χ4v) is 2.55. The third-order valence-electron chi connectivity index (χ3n) is 1.87. The van der Waals surface area contributed by atoms with Crippen LogP contribution in [0.3, 0.4) is 0 Å². The molecule has 0 saturated carbocycles. The number of hydrogen-bond acceptors (Lipinski definition) is 0. The van der Waals surface area contributed by atoms with Gasteiger partial charge in [0.15, 0.2) is 0 Å². The van der Waals surface area contributed by atoms with Crippen molar-refractivity contribution in [3.05, 3.63) is 43.7 Å². The third-order valence-corrected chi connectivity index (χ3v) is 3.75. The van der Waals surface area contributed by atoms with Crippen LogP contribution in [-0.2, 0) is 0 Å². The summed E-state index contributed by atoms with van der Waals surface area (Å²) in [6, 6.07) is 10.3. The lowest BCUT2D eigenvalue weighted by atomic mass is 10.1. The van der Waals surface area contributed by atoms with Gasteiger partial charge >= 0.3 is 0 Å². The van der Waals surface area contributed by atoms with E-state index in [2.05, 4.69) is 59.9 Å². The Hall–Kier alpha value is 0.140. The summed E-state index contributed by atoms with van der Waals surface area (Å²) < 4.78 is 3.34. The normalized spacial score (nSPS) is 10.7. The van der Waals surface area contributed by atoms with Gasteiger partial charge < -0.3 is 0 Å². The van der Waals surface area contributed by atoms with Gasteiger partial charge in [-0.15, -0.1) is 0 Å². The summed E-state index contributed by atoms with van der Waals surface area (Å²) in [5.41, 5.74) is 0. The summed E-state index contributed by atoms with van der Waals surface area (Å²) in [4.78, 5) is 0. The molecule has 0 N–H and O–H groups in total. The maximum absolute atomic E-state index is 3.52. The monoisotopic (exact) mass is 362 g/mol. The molecule has 3 heteroatoms. The Bertz CT molecular complexity index is 463. The molecule has 0 atom stereocenters. The van der Waals surface area contributed by atoms with Gasteiger partial charge in [-0.05, 0) is 35.0 Å². The van der Waals surface area contributed by atoms with Crippen molar-refractivity contribution >= 4 is 58.6 Å². The highest BCUT2D eigenvalue weighted by molar-refractivity contribution is 9.11. The maximum atomic E-state index is 3.52. The van der Waals surface area contributed by atoms with Crippen molar-refractivity contribution < 1.29 is 0 Å². The van der Waals surface area contributed by atoms with Crippen molar-refractivity contribution in [2.45, 2.75) is 0 Å². The standard InChI is InChI=1S/C10H5Br3/c11-6-1-2-7-8(5-6)10(13)4-3-9(7)12/h1-5H. The molecule has 2 aromatic carbocycles. The van der Waals surface area contributed by atoms with Crippen LogP contribution in [0.15, 0.2) is 43.7 Å². The Balaban J connectivity index is 2.92. The number of benzene rings is 2. The molecule has 66 valence electrons. The molecule has 0 bridgehead atoms. The fourth-order valence-electron chi connectivity index (χ4n) is 1.25. The van der Waals surface area contributed by atoms with E-state index in [4.69, 9.17) is 0 Å². The molecule has 0 heterocycles. The first-order chi connectivity index (χ1) is 6.18. The largest absolute Gasteiger partial charge is 0.0521 e. The molecule has 0 aliphatic carbocycles. The van der Waals surface area contributed by atoms with Crippen molar-refractivity contribution in [1.82, 2.24) is 0 Å². The average Bonchev–Trinajstić information content (AvgIpc) is 2.12. The highest BCUT2D eigenvalue weighted by Gasteiger charge is 2.02. The van der Waals surface area contributed by atoms with Crippen molar-refractivity contribution in [2.75, 3.05) is 0 Å². The van der Waals surface area contributed by atoms with Gasteiger partial charge in [0.1, 0.15) is 0 Å². The van der Waals surface area contributed by atoms with E-state index in [0.29, 0.717) is 0 Å². The van der Waals surface area contributed by atoms with E-state index in [1.807, 2.05) is 18.2 Å². The zero-order valence-electron chi connectivity index (χ0n) is 6.52. The molecule has 0 radical (unpaired) electrons. The van der Waals surface area contributed by atoms with Crippen LogP contribution in [0, 0.1) is 0 Å². The molecule has 0 spiro atoms. The molecule has 2 aromatic rings. The van der Waals surface area contributed by atoms with E-state index in [9.17, 15) is 0 Å². The van der Waals surface area contributed by atoms with Crippen LogP contribution in [0.1, 0.15) is 0 Å². The van der Waals surface area contributed by atoms with E-state index >= 15 is 0 Å². The molecule has 0 unspecified atom stereocenters. The first-order valence-electron chi connectivity index (χ1n) is 3.72. The van der Waals surface area contributed by atoms with Gasteiger partial charge in [0.2, 0.25) is 0 Å². The number of halogens is 3. The van der Waals surface area contributed by atoms with Crippen LogP contribution in [0.25, 0.3) is 10.8 Å². The minimum absolute atomic E-state index is 1.10. The van der Waals surface area contributed by atoms with Gasteiger partial charge in [0.25, 0.3) is 0 Å². The van der Waals surface area contributed by atoms with Gasteiger partial charge in [-0.25, -0.2) is 0 Å². The second kappa shape index (κ2) is 3.71. The third kappa shape index (κ3) is 1.83. The van der Waals surface area contributed by atoms with Crippen LogP contribution in [0.5, 0.6) is 0 Å². The minimum atomic E-state index is 1.10. The Morgan fingerprint density at radius 3 is 2.00 bits per heavy atom. The zero-order chi connectivity index (χ0) is 9.42. The number of rotatable bonds is 0. The lowest BCUT2D eigenvalue weighted by Crippen LogP contribution is -1.76. The van der Waals surface area contributed by atoms with Crippen molar-refractivity contribution in [2.24, 2.45) is 0 Å². The molecule has 0 saturated heterocycles. The summed E-state index contributed by atoms with van der Waals surface area (Å²) in [5, 5.41) is 2.43. The number of fused-ring (bicyclic) bond motifs is 1. The molecule has 2 rings (SSSR count). The van der Waals surface area contributed by atoms with Gasteiger partial charge in [-0.3, -0.25) is 0 Å². The SMILES string of the molecule is Brc1ccc2c(Br)ccc(Br)c2c1. The van der Waals surface area contributed by atoms with Crippen LogP contribution in [0.4, 0.5) is 0 Å². The summed E-state index contributed by atoms with van der Waals surface area (Å²) >= 11 is 10.5. The van der Waals surface area contributed by atoms with E-state index < -0.39 is 0 Å². The smallest absolute Gasteiger partial charge is 0.0254 e. The highest BCUT2D eigenvalue weighted by atomic mass is 79.9. The predicted octanol–water partition coefficient (Wildman–Crippen LogP) is 5.13. The molecule has 0 aliphatic rings. The van der Waals surface area contributed by atoms with E-state index in [0.717, 1.165) is 13.4 Å². The Labute approximate surface area is 102 Å². The maximum Gasteiger partial charge on any atom is 0.0254 e. The highest BCUT2D eigenvalue weighted by Crippen LogP contribution is 2.31. The van der Waals surface area contributed by atoms with Crippen LogP contribution >= 0.6 is 47.8 Å². The molecule has 0 nitrogen and oxygen atoms in total. The predicted molar refractivity (Wildman–Crippen MR) is 67.0 cm³/mol. The minimum Gasteiger partial charge on any atom is -0.0521 e. The summed E-state index contributed by atoms with van der Waals surface area (Å²) in [7, 11) is 0. The van der Waals surface area contributed by atoms with Gasteiger partial charge in [-0.1, -0.05) is 53.9 Å². The van der Waals surface area contributed by atoms with E-state index in [1.54, 1.807) is 0 Å². The van der Waals surface area contributed by atoms with Crippen molar-refractivity contribution in [3.8, 4) is 0 Å². The lowest BCUT2D eigenvalue weighted by Gasteiger charge is -2.03. The summed E-state index contributed by atoms with van der Waals surface area (Å²) in [5.74, 6) is 0. The molecule has 13 heavy (non-hydrogen) atoms. The van der Waals surface area contributed by atoms with Crippen LogP contribution in [0.2, 0.25) is 0 Å². The molecule has 0 amide bonds. The van der Waals surface area contributed by atoms with Crippen LogP contribution in [-0.4, -0.2) is 0 Å². The van der Waals surface area contributed by atoms with Crippen molar-refractivity contribution in [3.63, 3.8) is 0 Å². The Kier molecular flexibility index (Phi) is 2.77. The number of hydrogen-bond donors (Lipinski definition) is 0. The van der Waals surface area contributed by atoms with Gasteiger partial charge in [0.05, 0.1) is 0 Å². The molecular formula is C10H5Br3. The van der Waals surface area contributed by atoms with Crippen LogP contribution < -0.4 is 0 Å². The van der Waals surface area contributed by atoms with Gasteiger partial charge in [0, 0.05) is 13.4 Å². The topological polar surface area (TPSA) is 0 Å². The fraction of sp³-hybridized carbons (Fsp3) is 0. The second-order valence-electron chi connectivity index (χ2n) is 2.72. The summed E-state index contributed by atoms with van der Waals surface area (Å²) in [6.07, 6.45) is 0. The van der Waals surface area contributed by atoms with E-state index in [1.165, 1.54) is 10.8 Å². The quantitative estimate of drug-likeness (QED) is 0.608. The van der Waals surface area contributed by atoms with Gasteiger partial charge in [-0.2, -0.15) is 0 Å². The Morgan fingerprint density at radius 1 is 0.692 bits per heavy atom. The molecule has 0 aromatic heterocycles. The molecule has 0 aliphatic heterocycles. The lowest BCUT2D eigenvalue weighted by molar-refractivity contribution is 1.65. The average molecular weight is 365 g/mol. The molecular weight excluding hydrogens is 360 g/mol. The second-order valence-corrected chi connectivity index (χ2v) is 5.34. The first-order valence-corrected chi connectivity index (χ1v) is 6.09. The Morgan fingerprint density at radius 2 is 1.31 bits per heavy atom. The zero-order valence-corrected chi connectivity index (χ0v) is 11.3. The molecule has 0 fully saturated rings.